The summed E-state index contributed by atoms with van der Waals surface area (Å²) in [4.78, 5) is 18.4. The SMILES string of the molecule is CC(C)(C)CC(c1ccc(P(=O)(O)O)cc1)C(C)(C)C. The van der Waals surface area contributed by atoms with E-state index in [9.17, 15) is 14.4 Å². The maximum atomic E-state index is 11.2. The fourth-order valence-corrected chi connectivity index (χ4v) is 2.97. The van der Waals surface area contributed by atoms with E-state index >= 15 is 0 Å². The molecule has 0 saturated heterocycles. The van der Waals surface area contributed by atoms with Gasteiger partial charge in [0.05, 0.1) is 5.30 Å². The Hall–Kier alpha value is -0.630. The van der Waals surface area contributed by atoms with Gasteiger partial charge in [-0.3, -0.25) is 4.57 Å². The van der Waals surface area contributed by atoms with Gasteiger partial charge in [-0.1, -0.05) is 53.7 Å². The maximum Gasteiger partial charge on any atom is 0.356 e. The predicted octanol–water partition coefficient (Wildman–Crippen LogP) is 4.06. The molecule has 0 amide bonds. The van der Waals surface area contributed by atoms with Crippen LogP contribution in [0.3, 0.4) is 0 Å². The highest BCUT2D eigenvalue weighted by atomic mass is 31.2. The highest BCUT2D eigenvalue weighted by Crippen LogP contribution is 2.43. The number of benzene rings is 1. The molecule has 1 aromatic rings. The molecule has 0 spiro atoms. The van der Waals surface area contributed by atoms with E-state index in [-0.39, 0.29) is 16.1 Å². The van der Waals surface area contributed by atoms with E-state index < -0.39 is 7.60 Å². The summed E-state index contributed by atoms with van der Waals surface area (Å²) in [6.07, 6.45) is 1.03. The second-order valence-corrected chi connectivity index (χ2v) is 9.42. The summed E-state index contributed by atoms with van der Waals surface area (Å²) >= 11 is 0. The van der Waals surface area contributed by atoms with Gasteiger partial charge in [0.1, 0.15) is 0 Å². The third kappa shape index (κ3) is 5.05. The lowest BCUT2D eigenvalue weighted by Gasteiger charge is -2.36. The molecule has 3 nitrogen and oxygen atoms in total. The third-order valence-electron chi connectivity index (χ3n) is 3.49. The van der Waals surface area contributed by atoms with Crippen molar-refractivity contribution in [2.24, 2.45) is 10.8 Å². The van der Waals surface area contributed by atoms with Gasteiger partial charge in [-0.2, -0.15) is 0 Å². The average Bonchev–Trinajstić information content (AvgIpc) is 2.22. The minimum absolute atomic E-state index is 0.0877. The quantitative estimate of drug-likeness (QED) is 0.827. The van der Waals surface area contributed by atoms with Gasteiger partial charge in [-0.15, -0.1) is 0 Å². The monoisotopic (exact) mass is 298 g/mol. The topological polar surface area (TPSA) is 57.5 Å². The van der Waals surface area contributed by atoms with E-state index in [2.05, 4.69) is 41.5 Å². The van der Waals surface area contributed by atoms with Crippen LogP contribution < -0.4 is 5.30 Å². The molecule has 0 aliphatic rings. The van der Waals surface area contributed by atoms with Crippen LogP contribution in [0.1, 0.15) is 59.4 Å². The fourth-order valence-electron chi connectivity index (χ4n) is 2.44. The summed E-state index contributed by atoms with van der Waals surface area (Å²) in [6, 6.07) is 6.82. The molecule has 0 aliphatic carbocycles. The summed E-state index contributed by atoms with van der Waals surface area (Å²) in [7, 11) is -4.15. The second-order valence-electron chi connectivity index (χ2n) is 7.82. The Morgan fingerprint density at radius 1 is 1.00 bits per heavy atom. The molecule has 0 bridgehead atoms. The maximum absolute atomic E-state index is 11.2. The summed E-state index contributed by atoms with van der Waals surface area (Å²) < 4.78 is 11.2. The van der Waals surface area contributed by atoms with Crippen molar-refractivity contribution in [2.75, 3.05) is 0 Å². The van der Waals surface area contributed by atoms with Gasteiger partial charge >= 0.3 is 7.60 Å². The Kier molecular flexibility index (Phi) is 4.91. The van der Waals surface area contributed by atoms with Gasteiger partial charge < -0.3 is 9.79 Å². The van der Waals surface area contributed by atoms with Gasteiger partial charge in [0.2, 0.25) is 0 Å². The highest BCUT2D eigenvalue weighted by molar-refractivity contribution is 7.60. The molecule has 1 atom stereocenters. The molecular weight excluding hydrogens is 271 g/mol. The van der Waals surface area contributed by atoms with Crippen LogP contribution in [0, 0.1) is 10.8 Å². The van der Waals surface area contributed by atoms with Gasteiger partial charge in [0, 0.05) is 0 Å². The first-order valence-corrected chi connectivity index (χ1v) is 8.58. The average molecular weight is 298 g/mol. The molecule has 1 unspecified atom stereocenters. The van der Waals surface area contributed by atoms with Crippen molar-refractivity contribution < 1.29 is 14.4 Å². The third-order valence-corrected chi connectivity index (χ3v) is 4.46. The molecule has 0 saturated carbocycles. The molecule has 0 fully saturated rings. The van der Waals surface area contributed by atoms with Crippen LogP contribution >= 0.6 is 7.60 Å². The van der Waals surface area contributed by atoms with Gasteiger partial charge in [0.15, 0.2) is 0 Å². The van der Waals surface area contributed by atoms with Crippen molar-refractivity contribution in [2.45, 2.75) is 53.9 Å². The number of hydrogen-bond donors (Lipinski definition) is 2. The van der Waals surface area contributed by atoms with E-state index in [4.69, 9.17) is 0 Å². The van der Waals surface area contributed by atoms with Crippen LogP contribution in [0.25, 0.3) is 0 Å². The van der Waals surface area contributed by atoms with Crippen molar-refractivity contribution in [1.82, 2.24) is 0 Å². The van der Waals surface area contributed by atoms with Crippen LogP contribution in [-0.4, -0.2) is 9.79 Å². The van der Waals surface area contributed by atoms with Crippen LogP contribution in [0.15, 0.2) is 24.3 Å². The Labute approximate surface area is 122 Å². The molecule has 0 aromatic heterocycles. The smallest absolute Gasteiger partial charge is 0.321 e. The van der Waals surface area contributed by atoms with E-state index in [1.54, 1.807) is 12.1 Å². The van der Waals surface area contributed by atoms with Crippen molar-refractivity contribution in [3.05, 3.63) is 29.8 Å². The minimum Gasteiger partial charge on any atom is -0.321 e. The molecule has 4 heteroatoms. The minimum atomic E-state index is -4.15. The second kappa shape index (κ2) is 5.63. The van der Waals surface area contributed by atoms with E-state index in [1.807, 2.05) is 12.1 Å². The van der Waals surface area contributed by atoms with Crippen molar-refractivity contribution in [3.63, 3.8) is 0 Å². The van der Waals surface area contributed by atoms with Crippen LogP contribution in [0.2, 0.25) is 0 Å². The molecule has 1 aromatic carbocycles. The lowest BCUT2D eigenvalue weighted by Crippen LogP contribution is -2.24. The lowest BCUT2D eigenvalue weighted by molar-refractivity contribution is 0.229. The summed E-state index contributed by atoms with van der Waals surface area (Å²) in [5, 5.41) is 0.0877. The molecule has 0 heterocycles. The van der Waals surface area contributed by atoms with Crippen LogP contribution in [0.4, 0.5) is 0 Å². The highest BCUT2D eigenvalue weighted by Gasteiger charge is 2.30. The summed E-state index contributed by atoms with van der Waals surface area (Å²) in [6.45, 7) is 13.3. The molecule has 1 rings (SSSR count). The summed E-state index contributed by atoms with van der Waals surface area (Å²) in [5.74, 6) is 0.355. The van der Waals surface area contributed by atoms with Crippen molar-refractivity contribution in [1.29, 1.82) is 0 Å². The van der Waals surface area contributed by atoms with Crippen molar-refractivity contribution >= 4 is 12.9 Å². The molecule has 2 N–H and O–H groups in total. The van der Waals surface area contributed by atoms with Crippen molar-refractivity contribution in [3.8, 4) is 0 Å². The molecular formula is C16H27O3P. The molecule has 0 radical (unpaired) electrons. The zero-order valence-electron chi connectivity index (χ0n) is 13.3. The van der Waals surface area contributed by atoms with E-state index in [0.717, 1.165) is 12.0 Å². The van der Waals surface area contributed by atoms with E-state index in [1.165, 1.54) is 0 Å². The predicted molar refractivity (Wildman–Crippen MR) is 84.4 cm³/mol. The fraction of sp³-hybridized carbons (Fsp3) is 0.625. The first kappa shape index (κ1) is 17.4. The van der Waals surface area contributed by atoms with Crippen LogP contribution in [-0.2, 0) is 4.57 Å². The first-order chi connectivity index (χ1) is 8.81. The zero-order chi connectivity index (χ0) is 15.8. The lowest BCUT2D eigenvalue weighted by atomic mass is 9.69. The van der Waals surface area contributed by atoms with Crippen LogP contribution in [0.5, 0.6) is 0 Å². The van der Waals surface area contributed by atoms with Gasteiger partial charge in [-0.05, 0) is 40.9 Å². The Bertz CT molecular complexity index is 486. The standard InChI is InChI=1S/C16H27O3P/c1-15(2,3)11-14(16(4,5)6)12-7-9-13(10-8-12)20(17,18)19/h7-10,14H,11H2,1-6H3,(H2,17,18,19). The van der Waals surface area contributed by atoms with E-state index in [0.29, 0.717) is 5.92 Å². The number of rotatable bonds is 3. The molecule has 114 valence electrons. The molecule has 20 heavy (non-hydrogen) atoms. The Balaban J connectivity index is 3.13. The Morgan fingerprint density at radius 3 is 1.75 bits per heavy atom. The summed E-state index contributed by atoms with van der Waals surface area (Å²) in [5.41, 5.74) is 1.46. The number of hydrogen-bond acceptors (Lipinski definition) is 1. The zero-order valence-corrected chi connectivity index (χ0v) is 14.2. The van der Waals surface area contributed by atoms with Gasteiger partial charge in [-0.25, -0.2) is 0 Å². The normalized spacial score (nSPS) is 15.2. The first-order valence-electron chi connectivity index (χ1n) is 6.97. The van der Waals surface area contributed by atoms with Gasteiger partial charge in [0.25, 0.3) is 0 Å². The Morgan fingerprint density at radius 2 is 1.45 bits per heavy atom. The largest absolute Gasteiger partial charge is 0.356 e. The molecule has 0 aliphatic heterocycles.